The van der Waals surface area contributed by atoms with E-state index in [1.807, 2.05) is 43.3 Å². The van der Waals surface area contributed by atoms with Crippen molar-refractivity contribution in [2.24, 2.45) is 0 Å². The highest BCUT2D eigenvalue weighted by Gasteiger charge is 2.14. The van der Waals surface area contributed by atoms with Crippen molar-refractivity contribution in [1.29, 1.82) is 0 Å². The number of para-hydroxylation sites is 2. The monoisotopic (exact) mass is 383 g/mol. The standard InChI is InChI=1S/C21H25N3O4/c1-2-26-18-8-4-3-7-17(18)23-19-12-10-16(15-22-19)11-13-20(25)24-28-21-9-5-6-14-27-21/h3-4,7-8,10-13,15,21H,2,5-6,9,14H2,1H3,(H,22,23)(H,24,25)/b13-11+. The van der Waals surface area contributed by atoms with E-state index in [1.165, 1.54) is 6.08 Å². The summed E-state index contributed by atoms with van der Waals surface area (Å²) in [5, 5.41) is 3.23. The first-order valence-electron chi connectivity index (χ1n) is 9.45. The molecule has 28 heavy (non-hydrogen) atoms. The summed E-state index contributed by atoms with van der Waals surface area (Å²) in [6, 6.07) is 11.4. The summed E-state index contributed by atoms with van der Waals surface area (Å²) in [7, 11) is 0. The Morgan fingerprint density at radius 2 is 2.18 bits per heavy atom. The van der Waals surface area contributed by atoms with Gasteiger partial charge in [-0.1, -0.05) is 12.1 Å². The maximum atomic E-state index is 11.8. The Bertz CT molecular complexity index is 786. The van der Waals surface area contributed by atoms with E-state index in [4.69, 9.17) is 14.3 Å². The largest absolute Gasteiger partial charge is 0.492 e. The van der Waals surface area contributed by atoms with Crippen molar-refractivity contribution in [2.45, 2.75) is 32.5 Å². The van der Waals surface area contributed by atoms with E-state index < -0.39 is 0 Å². The molecule has 0 aliphatic carbocycles. The van der Waals surface area contributed by atoms with Crippen LogP contribution < -0.4 is 15.5 Å². The van der Waals surface area contributed by atoms with Crippen LogP contribution in [0.1, 0.15) is 31.7 Å². The fourth-order valence-electron chi connectivity index (χ4n) is 2.70. The van der Waals surface area contributed by atoms with Crippen molar-refractivity contribution in [3.8, 4) is 5.75 Å². The van der Waals surface area contributed by atoms with Gasteiger partial charge in [0.25, 0.3) is 5.91 Å². The minimum absolute atomic E-state index is 0.345. The Hall–Kier alpha value is -2.90. The zero-order valence-electron chi connectivity index (χ0n) is 15.9. The molecule has 1 aromatic heterocycles. The van der Waals surface area contributed by atoms with E-state index in [-0.39, 0.29) is 12.2 Å². The second kappa shape index (κ2) is 10.4. The third kappa shape index (κ3) is 6.07. The Morgan fingerprint density at radius 3 is 2.93 bits per heavy atom. The number of rotatable bonds is 8. The summed E-state index contributed by atoms with van der Waals surface area (Å²) in [5.74, 6) is 1.11. The number of nitrogens with one attached hydrogen (secondary N) is 2. The summed E-state index contributed by atoms with van der Waals surface area (Å²) >= 11 is 0. The third-order valence-corrected chi connectivity index (χ3v) is 4.09. The molecule has 1 aliphatic rings. The second-order valence-corrected chi connectivity index (χ2v) is 6.24. The fraction of sp³-hybridized carbons (Fsp3) is 0.333. The van der Waals surface area contributed by atoms with Crippen LogP contribution in [0, 0.1) is 0 Å². The molecule has 7 nitrogen and oxygen atoms in total. The lowest BCUT2D eigenvalue weighted by Crippen LogP contribution is -2.32. The third-order valence-electron chi connectivity index (χ3n) is 4.09. The average Bonchev–Trinajstić information content (AvgIpc) is 2.74. The molecule has 0 bridgehead atoms. The molecular weight excluding hydrogens is 358 g/mol. The zero-order valence-corrected chi connectivity index (χ0v) is 15.9. The molecule has 2 aromatic rings. The molecule has 1 aliphatic heterocycles. The fourth-order valence-corrected chi connectivity index (χ4v) is 2.70. The first kappa shape index (κ1) is 19.9. The van der Waals surface area contributed by atoms with Gasteiger partial charge in [-0.15, -0.1) is 0 Å². The highest BCUT2D eigenvalue weighted by molar-refractivity contribution is 5.90. The van der Waals surface area contributed by atoms with Crippen LogP contribution in [0.3, 0.4) is 0 Å². The number of ether oxygens (including phenoxy) is 2. The van der Waals surface area contributed by atoms with Crippen LogP contribution in [-0.2, 0) is 14.4 Å². The van der Waals surface area contributed by atoms with Crippen LogP contribution in [0.4, 0.5) is 11.5 Å². The molecule has 1 atom stereocenters. The molecular formula is C21H25N3O4. The molecule has 1 amide bonds. The maximum Gasteiger partial charge on any atom is 0.267 e. The van der Waals surface area contributed by atoms with E-state index in [0.29, 0.717) is 19.0 Å². The van der Waals surface area contributed by atoms with Gasteiger partial charge in [0, 0.05) is 25.3 Å². The van der Waals surface area contributed by atoms with Gasteiger partial charge in [-0.3, -0.25) is 4.79 Å². The van der Waals surface area contributed by atoms with Gasteiger partial charge in [0.05, 0.1) is 12.3 Å². The average molecular weight is 383 g/mol. The summed E-state index contributed by atoms with van der Waals surface area (Å²) in [6.07, 6.45) is 7.25. The Balaban J connectivity index is 1.51. The molecule has 2 heterocycles. The molecule has 0 radical (unpaired) electrons. The van der Waals surface area contributed by atoms with Crippen LogP contribution >= 0.6 is 0 Å². The smallest absolute Gasteiger partial charge is 0.267 e. The number of carbonyl (C=O) groups excluding carboxylic acids is 1. The lowest BCUT2D eigenvalue weighted by Gasteiger charge is -2.21. The SMILES string of the molecule is CCOc1ccccc1Nc1ccc(/C=C/C(=O)NOC2CCCCO2)cn1. The van der Waals surface area contributed by atoms with Crippen molar-refractivity contribution < 1.29 is 19.1 Å². The first-order valence-corrected chi connectivity index (χ1v) is 9.45. The molecule has 7 heteroatoms. The number of benzene rings is 1. The van der Waals surface area contributed by atoms with E-state index in [0.717, 1.165) is 36.3 Å². The van der Waals surface area contributed by atoms with E-state index in [9.17, 15) is 4.79 Å². The van der Waals surface area contributed by atoms with Crippen LogP contribution in [0.5, 0.6) is 5.75 Å². The molecule has 3 rings (SSSR count). The quantitative estimate of drug-likeness (QED) is 0.533. The minimum Gasteiger partial charge on any atom is -0.492 e. The van der Waals surface area contributed by atoms with Gasteiger partial charge in [0.2, 0.25) is 0 Å². The van der Waals surface area contributed by atoms with Crippen LogP contribution in [-0.4, -0.2) is 30.4 Å². The van der Waals surface area contributed by atoms with Crippen molar-refractivity contribution >= 4 is 23.5 Å². The zero-order chi connectivity index (χ0) is 19.6. The minimum atomic E-state index is -0.363. The van der Waals surface area contributed by atoms with Gasteiger partial charge in [-0.05, 0) is 55.7 Å². The summed E-state index contributed by atoms with van der Waals surface area (Å²) < 4.78 is 11.0. The van der Waals surface area contributed by atoms with Crippen molar-refractivity contribution in [2.75, 3.05) is 18.5 Å². The molecule has 0 spiro atoms. The number of pyridine rings is 1. The van der Waals surface area contributed by atoms with E-state index in [2.05, 4.69) is 15.8 Å². The summed E-state index contributed by atoms with van der Waals surface area (Å²) in [4.78, 5) is 21.5. The highest BCUT2D eigenvalue weighted by atomic mass is 16.8. The number of hydroxylamine groups is 1. The maximum absolute atomic E-state index is 11.8. The van der Waals surface area contributed by atoms with Gasteiger partial charge in [0.15, 0.2) is 6.29 Å². The van der Waals surface area contributed by atoms with Crippen LogP contribution in [0.15, 0.2) is 48.7 Å². The molecule has 1 fully saturated rings. The van der Waals surface area contributed by atoms with Crippen LogP contribution in [0.25, 0.3) is 6.08 Å². The lowest BCUT2D eigenvalue weighted by atomic mass is 10.2. The van der Waals surface area contributed by atoms with Gasteiger partial charge in [0.1, 0.15) is 11.6 Å². The summed E-state index contributed by atoms with van der Waals surface area (Å²) in [6.45, 7) is 3.20. The van der Waals surface area contributed by atoms with Gasteiger partial charge in [-0.25, -0.2) is 15.3 Å². The van der Waals surface area contributed by atoms with E-state index in [1.54, 1.807) is 12.3 Å². The molecule has 2 N–H and O–H groups in total. The Labute approximate surface area is 164 Å². The normalized spacial score (nSPS) is 16.7. The summed E-state index contributed by atoms with van der Waals surface area (Å²) in [5.41, 5.74) is 4.03. The number of aromatic nitrogens is 1. The number of nitrogens with zero attached hydrogens (tertiary/aromatic N) is 1. The number of hydrogen-bond donors (Lipinski definition) is 2. The van der Waals surface area contributed by atoms with E-state index >= 15 is 0 Å². The predicted octanol–water partition coefficient (Wildman–Crippen LogP) is 3.81. The van der Waals surface area contributed by atoms with Crippen molar-refractivity contribution in [1.82, 2.24) is 10.5 Å². The van der Waals surface area contributed by atoms with Gasteiger partial charge in [-0.2, -0.15) is 0 Å². The number of hydrogen-bond acceptors (Lipinski definition) is 6. The number of amides is 1. The lowest BCUT2D eigenvalue weighted by molar-refractivity contribution is -0.198. The first-order chi connectivity index (χ1) is 13.7. The molecule has 1 saturated heterocycles. The van der Waals surface area contributed by atoms with Gasteiger partial charge < -0.3 is 14.8 Å². The molecule has 0 saturated carbocycles. The van der Waals surface area contributed by atoms with Crippen molar-refractivity contribution in [3.05, 3.63) is 54.2 Å². The second-order valence-electron chi connectivity index (χ2n) is 6.24. The van der Waals surface area contributed by atoms with Gasteiger partial charge >= 0.3 is 0 Å². The molecule has 1 unspecified atom stereocenters. The number of anilines is 2. The van der Waals surface area contributed by atoms with Crippen molar-refractivity contribution in [3.63, 3.8) is 0 Å². The highest BCUT2D eigenvalue weighted by Crippen LogP contribution is 2.26. The predicted molar refractivity (Wildman–Crippen MR) is 107 cm³/mol. The number of carbonyl (C=O) groups is 1. The molecule has 1 aromatic carbocycles. The molecule has 148 valence electrons. The topological polar surface area (TPSA) is 81.7 Å². The Morgan fingerprint density at radius 1 is 1.29 bits per heavy atom. The Kier molecular flexibility index (Phi) is 7.40. The van der Waals surface area contributed by atoms with Crippen LogP contribution in [0.2, 0.25) is 0 Å².